The molecule has 0 saturated carbocycles. The Bertz CT molecular complexity index is 1490. The van der Waals surface area contributed by atoms with E-state index in [1.165, 1.54) is 33.5 Å². The third kappa shape index (κ3) is 13.3. The summed E-state index contributed by atoms with van der Waals surface area (Å²) in [6.07, 6.45) is 15.8. The van der Waals surface area contributed by atoms with Crippen molar-refractivity contribution in [1.29, 1.82) is 0 Å². The van der Waals surface area contributed by atoms with Crippen LogP contribution in [0.5, 0.6) is 0 Å². The van der Waals surface area contributed by atoms with Crippen LogP contribution in [0.2, 0.25) is 0 Å². The molecule has 6 aromatic rings. The van der Waals surface area contributed by atoms with Crippen LogP contribution in [-0.4, -0.2) is 12.3 Å². The molecule has 46 heavy (non-hydrogen) atoms. The molecule has 0 aromatic heterocycles. The fraction of sp³-hybridized carbons (Fsp3) is 0.0476. The second-order valence-corrected chi connectivity index (χ2v) is 14.3. The maximum absolute atomic E-state index is 6.69. The van der Waals surface area contributed by atoms with E-state index in [1.807, 2.05) is 60.7 Å². The molecule has 6 aromatic carbocycles. The van der Waals surface area contributed by atoms with Crippen LogP contribution in [-0.2, 0) is 44.8 Å². The van der Waals surface area contributed by atoms with Crippen molar-refractivity contribution in [2.24, 2.45) is 0 Å². The van der Waals surface area contributed by atoms with E-state index in [-0.39, 0.29) is 60.6 Å². The minimum atomic E-state index is -0.348. The quantitative estimate of drug-likeness (QED) is 0.0653. The average Bonchev–Trinajstić information content (AvgIpc) is 3.13. The van der Waals surface area contributed by atoms with E-state index in [2.05, 4.69) is 133 Å². The smallest absolute Gasteiger partial charge is 0.366 e. The Balaban J connectivity index is 0.000000336. The van der Waals surface area contributed by atoms with Crippen LogP contribution >= 0.6 is 15.8 Å². The predicted molar refractivity (Wildman–Crippen MR) is 193 cm³/mol. The first-order valence-electron chi connectivity index (χ1n) is 14.5. The molecule has 0 radical (unpaired) electrons. The topological polar surface area (TPSA) is 0 Å². The molecule has 234 valence electrons. The van der Waals surface area contributed by atoms with Crippen molar-refractivity contribution in [3.05, 3.63) is 206 Å². The fourth-order valence-electron chi connectivity index (χ4n) is 4.49. The Morgan fingerprint density at radius 2 is 0.522 bits per heavy atom. The maximum atomic E-state index is 6.69. The first-order chi connectivity index (χ1) is 21.8. The summed E-state index contributed by atoms with van der Waals surface area (Å²) in [6.45, 7) is 0. The molecule has 0 unspecified atom stereocenters. The van der Waals surface area contributed by atoms with Crippen molar-refractivity contribution in [3.63, 3.8) is 0 Å². The first-order valence-corrected chi connectivity index (χ1v) is 17.5. The van der Waals surface area contributed by atoms with Gasteiger partial charge in [-0.3, -0.25) is 11.8 Å². The molecule has 0 amide bonds. The summed E-state index contributed by atoms with van der Waals surface area (Å²) in [5.41, 5.74) is 1.65. The van der Waals surface area contributed by atoms with Gasteiger partial charge in [-0.25, -0.2) is 0 Å². The Kier molecular flexibility index (Phi) is 19.6. The molecule has 0 spiro atoms. The van der Waals surface area contributed by atoms with Gasteiger partial charge >= 0.3 is 44.8 Å². The van der Waals surface area contributed by atoms with Gasteiger partial charge in [0, 0.05) is 0 Å². The Hall–Kier alpha value is -3.22. The average molecular weight is 995 g/mol. The molecule has 0 N–H and O–H groups in total. The van der Waals surface area contributed by atoms with E-state index < -0.39 is 0 Å². The van der Waals surface area contributed by atoms with E-state index in [0.29, 0.717) is 0 Å². The fourth-order valence-corrected chi connectivity index (χ4v) is 9.85. The van der Waals surface area contributed by atoms with Crippen LogP contribution < -0.4 is 21.2 Å². The predicted octanol–water partition coefficient (Wildman–Crippen LogP) is 8.50. The Labute approximate surface area is 309 Å². The van der Waals surface area contributed by atoms with Crippen LogP contribution in [0.1, 0.15) is 11.1 Å². The molecule has 0 aliphatic carbocycles. The van der Waals surface area contributed by atoms with E-state index in [1.54, 1.807) is 0 Å². The number of hydrogen-bond donors (Lipinski definition) is 0. The van der Waals surface area contributed by atoms with Crippen molar-refractivity contribution >= 4 is 37.1 Å². The minimum Gasteiger partial charge on any atom is -0.366 e. The molecule has 0 bridgehead atoms. The van der Waals surface area contributed by atoms with Crippen molar-refractivity contribution < 1.29 is 44.8 Å². The standard InChI is InChI=1S/C26H24P2.2C8H5.2Au/c1-5-13-23(14-6-1)27(24-15-7-2-8-16-24)21-22-28(25-17-9-3-10-18-25)26-19-11-4-12-20-26;2*1-2-8-6-4-3-5-7-8;;/h1-20H,21-22H2;2*3-7H;;/q;2*-1;2*+1. The van der Waals surface area contributed by atoms with Crippen LogP contribution in [0.3, 0.4) is 0 Å². The zero-order chi connectivity index (χ0) is 30.7. The molecule has 4 heteroatoms. The van der Waals surface area contributed by atoms with Crippen LogP contribution in [0, 0.1) is 24.7 Å². The van der Waals surface area contributed by atoms with E-state index in [9.17, 15) is 0 Å². The van der Waals surface area contributed by atoms with E-state index in [0.717, 1.165) is 11.1 Å². The van der Waals surface area contributed by atoms with Gasteiger partial charge in [-0.15, -0.1) is 35.4 Å². The van der Waals surface area contributed by atoms with Crippen LogP contribution in [0.15, 0.2) is 182 Å². The molecule has 0 heterocycles. The number of hydrogen-bond acceptors (Lipinski definition) is 0. The summed E-state index contributed by atoms with van der Waals surface area (Å²) in [7, 11) is -0.696. The van der Waals surface area contributed by atoms with Crippen LogP contribution in [0.25, 0.3) is 0 Å². The molecule has 6 rings (SSSR count). The van der Waals surface area contributed by atoms with Crippen molar-refractivity contribution in [2.75, 3.05) is 12.3 Å². The third-order valence-corrected chi connectivity index (χ3v) is 12.0. The molecular formula is C42H34Au2P2. The summed E-state index contributed by atoms with van der Waals surface area (Å²) in [5.74, 6) is 4.55. The normalized spacial score (nSPS) is 9.48. The van der Waals surface area contributed by atoms with Gasteiger partial charge in [0.1, 0.15) is 0 Å². The van der Waals surface area contributed by atoms with Crippen molar-refractivity contribution in [3.8, 4) is 11.8 Å². The van der Waals surface area contributed by atoms with Gasteiger partial charge in [0.05, 0.1) is 0 Å². The second-order valence-electron chi connectivity index (χ2n) is 9.63. The molecular weight excluding hydrogens is 960 g/mol. The Morgan fingerprint density at radius 3 is 0.696 bits per heavy atom. The van der Waals surface area contributed by atoms with Gasteiger partial charge in [-0.1, -0.05) is 158 Å². The molecule has 0 fully saturated rings. The SMILES string of the molecule is [Au+].[Au+].[C-]#Cc1ccccc1.[C-]#Cc1ccccc1.c1ccc(P(CCP(c2ccccc2)c2ccccc2)c2ccccc2)cc1. The Morgan fingerprint density at radius 1 is 0.326 bits per heavy atom. The van der Waals surface area contributed by atoms with Gasteiger partial charge < -0.3 is 12.8 Å². The summed E-state index contributed by atoms with van der Waals surface area (Å²) in [5, 5.41) is 5.89. The van der Waals surface area contributed by atoms with Gasteiger partial charge in [0.25, 0.3) is 0 Å². The van der Waals surface area contributed by atoms with Gasteiger partial charge in [-0.2, -0.15) is 0 Å². The summed E-state index contributed by atoms with van der Waals surface area (Å²) >= 11 is 0. The first kappa shape index (κ1) is 39.0. The van der Waals surface area contributed by atoms with Crippen molar-refractivity contribution in [1.82, 2.24) is 0 Å². The monoisotopic (exact) mass is 994 g/mol. The van der Waals surface area contributed by atoms with E-state index >= 15 is 0 Å². The largest absolute Gasteiger partial charge is 1.00 e. The summed E-state index contributed by atoms with van der Waals surface area (Å²) in [4.78, 5) is 0. The van der Waals surface area contributed by atoms with Gasteiger partial charge in [0.2, 0.25) is 0 Å². The summed E-state index contributed by atoms with van der Waals surface area (Å²) < 4.78 is 0. The van der Waals surface area contributed by atoms with Gasteiger partial charge in [0.15, 0.2) is 0 Å². The number of benzene rings is 6. The molecule has 0 saturated heterocycles. The molecule has 0 aliphatic rings. The molecule has 0 atom stereocenters. The van der Waals surface area contributed by atoms with Gasteiger partial charge in [-0.05, 0) is 49.4 Å². The van der Waals surface area contributed by atoms with E-state index in [4.69, 9.17) is 12.8 Å². The van der Waals surface area contributed by atoms with Crippen molar-refractivity contribution in [2.45, 2.75) is 0 Å². The third-order valence-electron chi connectivity index (χ3n) is 6.65. The second kappa shape index (κ2) is 23.2. The zero-order valence-electron chi connectivity index (χ0n) is 25.2. The van der Waals surface area contributed by atoms with Crippen LogP contribution in [0.4, 0.5) is 0 Å². The minimum absolute atomic E-state index is 0. The number of rotatable bonds is 7. The molecule has 0 nitrogen and oxygen atoms in total. The molecule has 0 aliphatic heterocycles. The summed E-state index contributed by atoms with van der Waals surface area (Å²) in [6, 6.07) is 62.9. The maximum Gasteiger partial charge on any atom is 1.00 e. The zero-order valence-corrected chi connectivity index (χ0v) is 31.4.